The van der Waals surface area contributed by atoms with Crippen molar-refractivity contribution < 1.29 is 28.8 Å². The number of hydrogen-bond donors (Lipinski definition) is 0. The zero-order chi connectivity index (χ0) is 21.5. The van der Waals surface area contributed by atoms with Crippen molar-refractivity contribution >= 4 is 23.9 Å². The first-order valence-electron chi connectivity index (χ1n) is 9.69. The van der Waals surface area contributed by atoms with Crippen molar-refractivity contribution in [2.24, 2.45) is 11.8 Å². The third-order valence-electron chi connectivity index (χ3n) is 4.96. The van der Waals surface area contributed by atoms with Gasteiger partial charge < -0.3 is 9.57 Å². The second kappa shape index (κ2) is 7.50. The standard InChI is InChI=1S/C21H26N2O6/c1-12-10-13(2)16(22(11-12)20(27)28-21(3,4)5)19(26)29-23-17(24)14-8-6-7-9-15(14)18(23)25/h6-9,12-13,16H,10-11H2,1-5H3. The van der Waals surface area contributed by atoms with E-state index in [2.05, 4.69) is 0 Å². The van der Waals surface area contributed by atoms with Crippen LogP contribution in [0.1, 0.15) is 61.8 Å². The van der Waals surface area contributed by atoms with Crippen LogP contribution in [0.25, 0.3) is 0 Å². The number of fused-ring (bicyclic) bond motifs is 1. The molecule has 0 saturated carbocycles. The molecule has 2 heterocycles. The number of nitrogens with zero attached hydrogens (tertiary/aromatic N) is 2. The molecule has 3 amide bonds. The van der Waals surface area contributed by atoms with Gasteiger partial charge in [0.05, 0.1) is 11.1 Å². The van der Waals surface area contributed by atoms with Gasteiger partial charge in [0.2, 0.25) is 0 Å². The van der Waals surface area contributed by atoms with Crippen LogP contribution >= 0.6 is 0 Å². The first-order valence-corrected chi connectivity index (χ1v) is 9.69. The summed E-state index contributed by atoms with van der Waals surface area (Å²) in [6, 6.07) is 5.31. The van der Waals surface area contributed by atoms with Crippen LogP contribution in [-0.2, 0) is 14.4 Å². The Labute approximate surface area is 169 Å². The zero-order valence-corrected chi connectivity index (χ0v) is 17.3. The monoisotopic (exact) mass is 402 g/mol. The van der Waals surface area contributed by atoms with Gasteiger partial charge in [0.25, 0.3) is 11.8 Å². The van der Waals surface area contributed by atoms with Crippen molar-refractivity contribution in [3.63, 3.8) is 0 Å². The molecule has 1 fully saturated rings. The van der Waals surface area contributed by atoms with Crippen LogP contribution in [0.5, 0.6) is 0 Å². The van der Waals surface area contributed by atoms with Gasteiger partial charge in [0.15, 0.2) is 0 Å². The van der Waals surface area contributed by atoms with Gasteiger partial charge in [-0.3, -0.25) is 14.5 Å². The van der Waals surface area contributed by atoms with Crippen LogP contribution in [-0.4, -0.2) is 52.0 Å². The van der Waals surface area contributed by atoms with Crippen molar-refractivity contribution in [3.8, 4) is 0 Å². The lowest BCUT2D eigenvalue weighted by Crippen LogP contribution is -2.56. The maximum absolute atomic E-state index is 13.0. The highest BCUT2D eigenvalue weighted by Gasteiger charge is 2.46. The Morgan fingerprint density at radius 1 is 1.03 bits per heavy atom. The van der Waals surface area contributed by atoms with Gasteiger partial charge in [-0.15, -0.1) is 0 Å². The molecule has 3 atom stereocenters. The molecule has 29 heavy (non-hydrogen) atoms. The number of hydroxylamine groups is 2. The minimum absolute atomic E-state index is 0.167. The number of ether oxygens (including phenoxy) is 1. The SMILES string of the molecule is CC1CC(C)C(C(=O)ON2C(=O)c3ccccc3C2=O)N(C(=O)OC(C)(C)C)C1. The van der Waals surface area contributed by atoms with E-state index in [4.69, 9.17) is 9.57 Å². The second-order valence-corrected chi connectivity index (χ2v) is 8.76. The first kappa shape index (κ1) is 20.8. The number of carbonyl (C=O) groups is 4. The molecule has 3 unspecified atom stereocenters. The van der Waals surface area contributed by atoms with Crippen LogP contribution in [0, 0.1) is 11.8 Å². The molecule has 156 valence electrons. The Morgan fingerprint density at radius 2 is 1.59 bits per heavy atom. The van der Waals surface area contributed by atoms with Crippen LogP contribution in [0.3, 0.4) is 0 Å². The van der Waals surface area contributed by atoms with E-state index in [-0.39, 0.29) is 23.0 Å². The molecular formula is C21H26N2O6. The third kappa shape index (κ3) is 4.11. The summed E-state index contributed by atoms with van der Waals surface area (Å²) in [4.78, 5) is 57.2. The predicted molar refractivity (Wildman–Crippen MR) is 103 cm³/mol. The first-order chi connectivity index (χ1) is 13.5. The third-order valence-corrected chi connectivity index (χ3v) is 4.96. The average Bonchev–Trinajstić information content (AvgIpc) is 2.85. The average molecular weight is 402 g/mol. The topological polar surface area (TPSA) is 93.2 Å². The number of benzene rings is 1. The summed E-state index contributed by atoms with van der Waals surface area (Å²) in [6.45, 7) is 9.37. The van der Waals surface area contributed by atoms with E-state index in [1.807, 2.05) is 13.8 Å². The Hall–Kier alpha value is -2.90. The Kier molecular flexibility index (Phi) is 5.38. The predicted octanol–water partition coefficient (Wildman–Crippen LogP) is 3.02. The van der Waals surface area contributed by atoms with Crippen LogP contribution in [0.2, 0.25) is 0 Å². The van der Waals surface area contributed by atoms with E-state index in [0.29, 0.717) is 18.0 Å². The van der Waals surface area contributed by atoms with E-state index in [1.54, 1.807) is 32.9 Å². The maximum atomic E-state index is 13.0. The lowest BCUT2D eigenvalue weighted by atomic mass is 9.85. The molecule has 1 aromatic carbocycles. The maximum Gasteiger partial charge on any atom is 0.411 e. The van der Waals surface area contributed by atoms with E-state index in [1.165, 1.54) is 17.0 Å². The van der Waals surface area contributed by atoms with Gasteiger partial charge in [-0.1, -0.05) is 31.0 Å². The second-order valence-electron chi connectivity index (χ2n) is 8.76. The fourth-order valence-corrected chi connectivity index (χ4v) is 3.86. The van der Waals surface area contributed by atoms with Gasteiger partial charge in [0.1, 0.15) is 11.6 Å². The Morgan fingerprint density at radius 3 is 2.10 bits per heavy atom. The van der Waals surface area contributed by atoms with Gasteiger partial charge in [-0.05, 0) is 51.2 Å². The fourth-order valence-electron chi connectivity index (χ4n) is 3.86. The highest BCUT2D eigenvalue weighted by molar-refractivity contribution is 6.20. The summed E-state index contributed by atoms with van der Waals surface area (Å²) in [6.07, 6.45) is 0.0708. The molecule has 0 N–H and O–H groups in total. The number of amides is 3. The molecule has 2 aliphatic rings. The van der Waals surface area contributed by atoms with E-state index in [0.717, 1.165) is 0 Å². The number of rotatable bonds is 2. The lowest BCUT2D eigenvalue weighted by molar-refractivity contribution is -0.178. The normalized spacial score (nSPS) is 24.4. The van der Waals surface area contributed by atoms with Gasteiger partial charge in [0, 0.05) is 6.54 Å². The summed E-state index contributed by atoms with van der Waals surface area (Å²) in [7, 11) is 0. The molecule has 8 heteroatoms. The molecule has 1 saturated heterocycles. The van der Waals surface area contributed by atoms with Crippen LogP contribution in [0.15, 0.2) is 24.3 Å². The highest BCUT2D eigenvalue weighted by Crippen LogP contribution is 2.31. The minimum atomic E-state index is -0.953. The van der Waals surface area contributed by atoms with E-state index >= 15 is 0 Å². The number of imide groups is 1. The number of hydrogen-bond acceptors (Lipinski definition) is 6. The number of carbonyl (C=O) groups excluding carboxylic acids is 4. The van der Waals surface area contributed by atoms with Crippen molar-refractivity contribution in [1.29, 1.82) is 0 Å². The molecule has 3 rings (SSSR count). The lowest BCUT2D eigenvalue weighted by Gasteiger charge is -2.41. The van der Waals surface area contributed by atoms with Crippen molar-refractivity contribution in [2.75, 3.05) is 6.54 Å². The van der Waals surface area contributed by atoms with Gasteiger partial charge in [-0.25, -0.2) is 9.59 Å². The molecule has 2 aliphatic heterocycles. The van der Waals surface area contributed by atoms with Crippen molar-refractivity contribution in [2.45, 2.75) is 52.7 Å². The summed E-state index contributed by atoms with van der Waals surface area (Å²) >= 11 is 0. The van der Waals surface area contributed by atoms with Crippen molar-refractivity contribution in [1.82, 2.24) is 9.96 Å². The summed E-state index contributed by atoms with van der Waals surface area (Å²) in [5.41, 5.74) is -0.364. The molecule has 0 spiro atoms. The fraction of sp³-hybridized carbons (Fsp3) is 0.524. The largest absolute Gasteiger partial charge is 0.444 e. The Bertz CT molecular complexity index is 824. The molecule has 0 bridgehead atoms. The van der Waals surface area contributed by atoms with E-state index in [9.17, 15) is 19.2 Å². The van der Waals surface area contributed by atoms with Gasteiger partial charge in [-0.2, -0.15) is 0 Å². The van der Waals surface area contributed by atoms with Crippen LogP contribution in [0.4, 0.5) is 4.79 Å². The molecule has 8 nitrogen and oxygen atoms in total. The summed E-state index contributed by atoms with van der Waals surface area (Å²) in [5.74, 6) is -2.28. The van der Waals surface area contributed by atoms with Crippen molar-refractivity contribution in [3.05, 3.63) is 35.4 Å². The van der Waals surface area contributed by atoms with Crippen LogP contribution < -0.4 is 0 Å². The quantitative estimate of drug-likeness (QED) is 0.706. The molecule has 0 aromatic heterocycles. The number of likely N-dealkylation sites (tertiary alicyclic amines) is 1. The minimum Gasteiger partial charge on any atom is -0.444 e. The van der Waals surface area contributed by atoms with Gasteiger partial charge >= 0.3 is 12.1 Å². The molecule has 0 aliphatic carbocycles. The zero-order valence-electron chi connectivity index (χ0n) is 17.3. The van der Waals surface area contributed by atoms with E-state index < -0.39 is 35.5 Å². The summed E-state index contributed by atoms with van der Waals surface area (Å²) < 4.78 is 5.45. The number of piperidine rings is 1. The molecule has 0 radical (unpaired) electrons. The summed E-state index contributed by atoms with van der Waals surface area (Å²) in [5, 5.41) is 0.477. The molecule has 1 aromatic rings. The highest BCUT2D eigenvalue weighted by atomic mass is 16.7. The smallest absolute Gasteiger partial charge is 0.411 e. The molecular weight excluding hydrogens is 376 g/mol. The Balaban J connectivity index is 1.81.